The molecule has 1 saturated heterocycles. The summed E-state index contributed by atoms with van der Waals surface area (Å²) >= 11 is 0. The molecule has 7 heteroatoms. The summed E-state index contributed by atoms with van der Waals surface area (Å²) < 4.78 is 5.99. The smallest absolute Gasteiger partial charge is 0.231 e. The zero-order valence-corrected chi connectivity index (χ0v) is 17.8. The quantitative estimate of drug-likeness (QED) is 0.283. The number of aliphatic imine (C=N–C) groups is 1. The molecule has 28 heavy (non-hydrogen) atoms. The Bertz CT molecular complexity index is 458. The molecule has 2 rings (SSSR count). The second-order valence-electron chi connectivity index (χ2n) is 8.11. The molecule has 0 radical (unpaired) electrons. The maximum absolute atomic E-state index is 11.0. The normalized spacial score (nSPS) is 20.2. The lowest BCUT2D eigenvalue weighted by atomic mass is 9.98. The number of hydrogen-bond donors (Lipinski definition) is 3. The first kappa shape index (κ1) is 22.9. The molecular formula is C21H41N5O2. The van der Waals surface area contributed by atoms with Crippen molar-refractivity contribution in [3.8, 4) is 0 Å². The van der Waals surface area contributed by atoms with E-state index in [1.165, 1.54) is 38.5 Å². The summed E-state index contributed by atoms with van der Waals surface area (Å²) in [6.45, 7) is 6.88. The number of rotatable bonds is 11. The van der Waals surface area contributed by atoms with Crippen molar-refractivity contribution in [2.45, 2.75) is 83.3 Å². The zero-order chi connectivity index (χ0) is 20.0. The lowest BCUT2D eigenvalue weighted by Gasteiger charge is -2.32. The summed E-state index contributed by atoms with van der Waals surface area (Å²) in [7, 11) is 0. The minimum atomic E-state index is -0.245. The van der Waals surface area contributed by atoms with Crippen LogP contribution in [0.5, 0.6) is 0 Å². The Balaban J connectivity index is 1.56. The second-order valence-corrected chi connectivity index (χ2v) is 8.11. The van der Waals surface area contributed by atoms with Crippen molar-refractivity contribution in [1.29, 1.82) is 0 Å². The first-order valence-electron chi connectivity index (χ1n) is 11.3. The Kier molecular flexibility index (Phi) is 11.3. The van der Waals surface area contributed by atoms with Crippen molar-refractivity contribution < 1.29 is 9.53 Å². The van der Waals surface area contributed by atoms with Crippen molar-refractivity contribution in [2.24, 2.45) is 10.7 Å². The lowest BCUT2D eigenvalue weighted by molar-refractivity contribution is -0.119. The van der Waals surface area contributed by atoms with Crippen LogP contribution in [0, 0.1) is 0 Å². The largest absolute Gasteiger partial charge is 0.378 e. The zero-order valence-electron chi connectivity index (χ0n) is 17.8. The van der Waals surface area contributed by atoms with Gasteiger partial charge in [0, 0.05) is 38.8 Å². The molecule has 1 saturated carbocycles. The van der Waals surface area contributed by atoms with E-state index in [4.69, 9.17) is 15.5 Å². The van der Waals surface area contributed by atoms with Crippen LogP contribution in [-0.4, -0.2) is 68.2 Å². The third kappa shape index (κ3) is 9.73. The predicted molar refractivity (Wildman–Crippen MR) is 114 cm³/mol. The highest BCUT2D eigenvalue weighted by molar-refractivity contribution is 5.80. The number of guanidine groups is 1. The van der Waals surface area contributed by atoms with Crippen molar-refractivity contribution in [2.75, 3.05) is 39.3 Å². The third-order valence-electron chi connectivity index (χ3n) is 5.63. The molecule has 1 aliphatic carbocycles. The van der Waals surface area contributed by atoms with Gasteiger partial charge in [0.05, 0.1) is 12.6 Å². The Morgan fingerprint density at radius 2 is 1.86 bits per heavy atom. The van der Waals surface area contributed by atoms with E-state index in [0.717, 1.165) is 64.4 Å². The summed E-state index contributed by atoms with van der Waals surface area (Å²) in [6, 6.07) is 0.408. The van der Waals surface area contributed by atoms with Crippen LogP contribution >= 0.6 is 0 Å². The molecule has 0 bridgehead atoms. The Hall–Kier alpha value is -1.34. The minimum absolute atomic E-state index is 0.245. The van der Waals surface area contributed by atoms with Gasteiger partial charge in [0.2, 0.25) is 5.91 Å². The number of amides is 1. The van der Waals surface area contributed by atoms with Gasteiger partial charge in [-0.3, -0.25) is 14.7 Å². The average molecular weight is 396 g/mol. The van der Waals surface area contributed by atoms with Gasteiger partial charge in [-0.1, -0.05) is 19.3 Å². The van der Waals surface area contributed by atoms with Gasteiger partial charge in [-0.2, -0.15) is 0 Å². The second kappa shape index (κ2) is 13.8. The number of carbonyl (C=O) groups is 1. The number of unbranched alkanes of at least 4 members (excludes halogenated alkanes) is 2. The van der Waals surface area contributed by atoms with Gasteiger partial charge in [-0.05, 0) is 51.9 Å². The molecule has 1 aliphatic heterocycles. The Labute approximate surface area is 170 Å². The van der Waals surface area contributed by atoms with Gasteiger partial charge in [-0.15, -0.1) is 0 Å². The molecule has 0 unspecified atom stereocenters. The SMILES string of the molecule is CCNC(=NCCCCCOC1CCCCC1)NC1CCN(CC(N)=O)CC1. The minimum Gasteiger partial charge on any atom is -0.378 e. The van der Waals surface area contributed by atoms with Gasteiger partial charge >= 0.3 is 0 Å². The summed E-state index contributed by atoms with van der Waals surface area (Å²) in [6.07, 6.45) is 12.5. The molecule has 7 nitrogen and oxygen atoms in total. The number of nitrogens with zero attached hydrogens (tertiary/aromatic N) is 2. The van der Waals surface area contributed by atoms with Crippen molar-refractivity contribution in [3.63, 3.8) is 0 Å². The van der Waals surface area contributed by atoms with E-state index in [0.29, 0.717) is 18.7 Å². The van der Waals surface area contributed by atoms with Gasteiger partial charge < -0.3 is 21.1 Å². The number of piperidine rings is 1. The molecule has 1 amide bonds. The van der Waals surface area contributed by atoms with E-state index in [9.17, 15) is 4.79 Å². The molecule has 2 fully saturated rings. The first-order valence-corrected chi connectivity index (χ1v) is 11.3. The molecule has 1 heterocycles. The fraction of sp³-hybridized carbons (Fsp3) is 0.905. The predicted octanol–water partition coefficient (Wildman–Crippen LogP) is 2.01. The number of ether oxygens (including phenoxy) is 1. The monoisotopic (exact) mass is 395 g/mol. The van der Waals surface area contributed by atoms with Crippen LogP contribution in [0.25, 0.3) is 0 Å². The molecular weight excluding hydrogens is 354 g/mol. The number of carbonyl (C=O) groups excluding carboxylic acids is 1. The highest BCUT2D eigenvalue weighted by Crippen LogP contribution is 2.20. The molecule has 0 aromatic heterocycles. The van der Waals surface area contributed by atoms with E-state index in [2.05, 4.69) is 22.5 Å². The highest BCUT2D eigenvalue weighted by atomic mass is 16.5. The summed E-state index contributed by atoms with van der Waals surface area (Å²) in [5, 5.41) is 6.89. The van der Waals surface area contributed by atoms with Gasteiger partial charge in [-0.25, -0.2) is 0 Å². The fourth-order valence-electron chi connectivity index (χ4n) is 4.03. The number of nitrogens with two attached hydrogens (primary N) is 1. The molecule has 0 aromatic rings. The van der Waals surface area contributed by atoms with Crippen molar-refractivity contribution in [1.82, 2.24) is 15.5 Å². The van der Waals surface area contributed by atoms with Crippen LogP contribution in [0.1, 0.15) is 71.1 Å². The molecule has 0 spiro atoms. The van der Waals surface area contributed by atoms with Crippen LogP contribution in [0.3, 0.4) is 0 Å². The van der Waals surface area contributed by atoms with Crippen LogP contribution in [0.4, 0.5) is 0 Å². The highest BCUT2D eigenvalue weighted by Gasteiger charge is 2.20. The van der Waals surface area contributed by atoms with Crippen molar-refractivity contribution >= 4 is 11.9 Å². The first-order chi connectivity index (χ1) is 13.7. The van der Waals surface area contributed by atoms with E-state index >= 15 is 0 Å². The molecule has 2 aliphatic rings. The third-order valence-corrected chi connectivity index (χ3v) is 5.63. The number of likely N-dealkylation sites (tertiary alicyclic amines) is 1. The van der Waals surface area contributed by atoms with Crippen molar-refractivity contribution in [3.05, 3.63) is 0 Å². The number of primary amides is 1. The Morgan fingerprint density at radius 3 is 2.54 bits per heavy atom. The van der Waals surface area contributed by atoms with Gasteiger partial charge in [0.1, 0.15) is 0 Å². The summed E-state index contributed by atoms with van der Waals surface area (Å²) in [5.74, 6) is 0.666. The molecule has 162 valence electrons. The maximum atomic E-state index is 11.0. The van der Waals surface area contributed by atoms with E-state index in [-0.39, 0.29) is 5.91 Å². The van der Waals surface area contributed by atoms with E-state index in [1.807, 2.05) is 0 Å². The van der Waals surface area contributed by atoms with Crippen LogP contribution in [-0.2, 0) is 9.53 Å². The standard InChI is InChI=1S/C21H41N5O2/c1-2-23-21(25-18-11-14-26(15-12-18)17-20(22)27)24-13-7-4-8-16-28-19-9-5-3-6-10-19/h18-19H,2-17H2,1H3,(H2,22,27)(H2,23,24,25). The topological polar surface area (TPSA) is 92.0 Å². The molecule has 0 atom stereocenters. The van der Waals surface area contributed by atoms with E-state index < -0.39 is 0 Å². The van der Waals surface area contributed by atoms with Crippen LogP contribution in [0.15, 0.2) is 4.99 Å². The number of hydrogen-bond acceptors (Lipinski definition) is 4. The molecule has 0 aromatic carbocycles. The number of nitrogens with one attached hydrogen (secondary N) is 2. The van der Waals surface area contributed by atoms with Gasteiger partial charge in [0.15, 0.2) is 5.96 Å². The van der Waals surface area contributed by atoms with Gasteiger partial charge in [0.25, 0.3) is 0 Å². The van der Waals surface area contributed by atoms with E-state index in [1.54, 1.807) is 0 Å². The maximum Gasteiger partial charge on any atom is 0.231 e. The van der Waals surface area contributed by atoms with Crippen LogP contribution < -0.4 is 16.4 Å². The fourth-order valence-corrected chi connectivity index (χ4v) is 4.03. The van der Waals surface area contributed by atoms with Crippen LogP contribution in [0.2, 0.25) is 0 Å². The molecule has 4 N–H and O–H groups in total. The average Bonchev–Trinajstić information content (AvgIpc) is 2.69. The summed E-state index contributed by atoms with van der Waals surface area (Å²) in [5.41, 5.74) is 5.28. The summed E-state index contributed by atoms with van der Waals surface area (Å²) in [4.78, 5) is 17.9. The Morgan fingerprint density at radius 1 is 1.11 bits per heavy atom. The lowest BCUT2D eigenvalue weighted by Crippen LogP contribution is -2.49.